The largest absolute Gasteiger partial charge is 0.472 e. The van der Waals surface area contributed by atoms with E-state index in [1.807, 2.05) is 45.4 Å². The third kappa shape index (κ3) is 53.5. The molecule has 0 aliphatic rings. The fourth-order valence-corrected chi connectivity index (χ4v) is 8.63. The normalized spacial score (nSPS) is 14.5. The van der Waals surface area contributed by atoms with Crippen molar-refractivity contribution < 1.29 is 37.3 Å². The van der Waals surface area contributed by atoms with Crippen molar-refractivity contribution in [1.29, 1.82) is 0 Å². The summed E-state index contributed by atoms with van der Waals surface area (Å²) in [7, 11) is 1.43. The molecule has 0 heterocycles. The van der Waals surface area contributed by atoms with Gasteiger partial charge in [-0.3, -0.25) is 18.6 Å². The first-order valence-corrected chi connectivity index (χ1v) is 31.2. The Labute approximate surface area is 455 Å². The van der Waals surface area contributed by atoms with Gasteiger partial charge in [0.25, 0.3) is 0 Å². The minimum atomic E-state index is -4.48. The lowest BCUT2D eigenvalue weighted by atomic mass is 10.0. The van der Waals surface area contributed by atoms with E-state index in [2.05, 4.69) is 111 Å². The van der Waals surface area contributed by atoms with Crippen molar-refractivity contribution in [2.45, 2.75) is 245 Å². The van der Waals surface area contributed by atoms with Crippen LogP contribution in [-0.4, -0.2) is 74.3 Å². The zero-order valence-corrected chi connectivity index (χ0v) is 49.2. The van der Waals surface area contributed by atoms with E-state index in [0.717, 1.165) is 83.5 Å². The van der Waals surface area contributed by atoms with Crippen LogP contribution in [0.1, 0.15) is 233 Å². The lowest BCUT2D eigenvalue weighted by molar-refractivity contribution is -0.870. The number of hydrogen-bond donors (Lipinski definition) is 2. The number of esters is 1. The van der Waals surface area contributed by atoms with Crippen molar-refractivity contribution in [3.05, 3.63) is 109 Å². The Balaban J connectivity index is 5.52. The van der Waals surface area contributed by atoms with Gasteiger partial charge in [0, 0.05) is 12.8 Å². The highest BCUT2D eigenvalue weighted by Gasteiger charge is 2.30. The molecule has 74 heavy (non-hydrogen) atoms. The molecule has 3 unspecified atom stereocenters. The summed E-state index contributed by atoms with van der Waals surface area (Å²) < 4.78 is 30.6. The van der Waals surface area contributed by atoms with Crippen molar-refractivity contribution in [3.63, 3.8) is 0 Å². The number of nitrogens with one attached hydrogen (secondary N) is 1. The van der Waals surface area contributed by atoms with E-state index in [4.69, 9.17) is 13.8 Å². The van der Waals surface area contributed by atoms with Gasteiger partial charge in [-0.25, -0.2) is 4.57 Å². The number of phosphoric ester groups is 1. The third-order valence-corrected chi connectivity index (χ3v) is 13.5. The number of amides is 1. The van der Waals surface area contributed by atoms with E-state index < -0.39 is 25.9 Å². The van der Waals surface area contributed by atoms with Crippen LogP contribution in [-0.2, 0) is 27.9 Å². The molecule has 0 radical (unpaired) electrons. The van der Waals surface area contributed by atoms with Gasteiger partial charge in [0.1, 0.15) is 19.3 Å². The lowest BCUT2D eigenvalue weighted by Gasteiger charge is -2.27. The Kier molecular flexibility index (Phi) is 50.7. The van der Waals surface area contributed by atoms with Crippen LogP contribution in [0.3, 0.4) is 0 Å². The summed E-state index contributed by atoms with van der Waals surface area (Å²) in [5.41, 5.74) is 0. The van der Waals surface area contributed by atoms with Crippen molar-refractivity contribution in [2.75, 3.05) is 40.9 Å². The molecule has 0 rings (SSSR count). The fraction of sp³-hybridized carbons (Fsp3) is 0.688. The van der Waals surface area contributed by atoms with Crippen LogP contribution in [0.5, 0.6) is 0 Å². The second-order valence-corrected chi connectivity index (χ2v) is 22.3. The first kappa shape index (κ1) is 70.7. The number of unbranched alkanes of at least 4 members (excludes halogenated alkanes) is 21. The maximum Gasteiger partial charge on any atom is 0.472 e. The minimum Gasteiger partial charge on any atom is -0.456 e. The van der Waals surface area contributed by atoms with Crippen LogP contribution in [0, 0.1) is 0 Å². The predicted molar refractivity (Wildman–Crippen MR) is 318 cm³/mol. The van der Waals surface area contributed by atoms with E-state index in [1.165, 1.54) is 103 Å². The molecule has 0 saturated heterocycles. The van der Waals surface area contributed by atoms with Gasteiger partial charge in [-0.05, 0) is 96.0 Å². The average Bonchev–Trinajstić information content (AvgIpc) is 3.36. The number of carbonyl (C=O) groups excluding carboxylic acids is 2. The number of nitrogens with zero attached hydrogens (tertiary/aromatic N) is 1. The molecule has 0 aromatic heterocycles. The van der Waals surface area contributed by atoms with Gasteiger partial charge in [0.05, 0.1) is 33.8 Å². The number of phosphoric acid groups is 1. The highest BCUT2D eigenvalue weighted by molar-refractivity contribution is 7.47. The van der Waals surface area contributed by atoms with Crippen LogP contribution < -0.4 is 5.32 Å². The lowest BCUT2D eigenvalue weighted by Crippen LogP contribution is -2.47. The number of ether oxygens (including phenoxy) is 1. The molecule has 3 atom stereocenters. The number of carbonyl (C=O) groups is 2. The molecular formula is C64H112N2O7P+. The van der Waals surface area contributed by atoms with Gasteiger partial charge >= 0.3 is 13.8 Å². The maximum atomic E-state index is 13.5. The number of hydrogen-bond acceptors (Lipinski definition) is 6. The third-order valence-electron chi connectivity index (χ3n) is 12.5. The smallest absolute Gasteiger partial charge is 0.456 e. The van der Waals surface area contributed by atoms with Gasteiger partial charge < -0.3 is 19.4 Å². The molecule has 0 spiro atoms. The van der Waals surface area contributed by atoms with Crippen LogP contribution in [0.2, 0.25) is 0 Å². The van der Waals surface area contributed by atoms with Crippen LogP contribution >= 0.6 is 7.82 Å². The zero-order chi connectivity index (χ0) is 54.3. The highest BCUT2D eigenvalue weighted by atomic mass is 31.2. The molecule has 0 aliphatic carbocycles. The van der Waals surface area contributed by atoms with E-state index in [0.29, 0.717) is 23.9 Å². The molecule has 0 aromatic rings. The zero-order valence-electron chi connectivity index (χ0n) is 48.3. The molecule has 424 valence electrons. The molecule has 2 N–H and O–H groups in total. The second kappa shape index (κ2) is 53.1. The molecule has 1 amide bonds. The minimum absolute atomic E-state index is 0.0188. The first-order chi connectivity index (χ1) is 35.9. The average molecular weight is 1050 g/mol. The molecule has 0 saturated carbocycles. The maximum absolute atomic E-state index is 13.5. The SMILES string of the molecule is CC/C=C\C/C=C\C/C=C\C/C=C\C/C=C\C/C=C\CCC(=O)OC(/C=C/CCCCCCCCCCCCC)C(COP(=O)(O)OCC[N+](C)(C)C)NC(=O)CCCCC/C=C/C=C/CCCCCCCCC. The standard InChI is InChI=1S/C64H111N2O7P/c1-7-10-13-16-19-22-25-28-30-32-33-34-36-39-42-45-48-51-54-57-64(68)73-62(55-52-49-46-43-40-37-27-24-21-18-15-12-9-3)61(60-72-74(69,70)71-59-58-66(4,5)6)65-63(67)56-53-50-47-44-41-38-35-31-29-26-23-20-17-14-11-8-2/h10,13,19,22,28,30-31,33-35,38-39,41-42,48,51-52,55,61-62H,7-9,11-12,14-18,20-21,23-27,29,32,36-37,40,43-47,49-50,53-54,56-60H2,1-6H3,(H-,65,67,69,70)/p+1/b13-10-,22-19-,30-28-,34-33-,35-31+,41-38+,42-39-,51-48-,55-52+. The summed E-state index contributed by atoms with van der Waals surface area (Å²) in [6.07, 6.45) is 72.4. The van der Waals surface area contributed by atoms with Crippen LogP contribution in [0.25, 0.3) is 0 Å². The predicted octanol–water partition coefficient (Wildman–Crippen LogP) is 18.2. The summed E-state index contributed by atoms with van der Waals surface area (Å²) in [6, 6.07) is -0.899. The quantitative estimate of drug-likeness (QED) is 0.0156. The molecular weight excluding hydrogens is 940 g/mol. The monoisotopic (exact) mass is 1050 g/mol. The second-order valence-electron chi connectivity index (χ2n) is 20.8. The number of allylic oxidation sites excluding steroid dienone is 17. The van der Waals surface area contributed by atoms with Crippen molar-refractivity contribution in [3.8, 4) is 0 Å². The number of likely N-dealkylation sites (N-methyl/N-ethyl adjacent to an activating group) is 1. The Hall–Kier alpha value is -3.33. The van der Waals surface area contributed by atoms with Crippen molar-refractivity contribution in [2.24, 2.45) is 0 Å². The Morgan fingerprint density at radius 1 is 0.500 bits per heavy atom. The highest BCUT2D eigenvalue weighted by Crippen LogP contribution is 2.43. The van der Waals surface area contributed by atoms with E-state index in [1.54, 1.807) is 0 Å². The van der Waals surface area contributed by atoms with Crippen LogP contribution in [0.4, 0.5) is 0 Å². The summed E-state index contributed by atoms with van der Waals surface area (Å²) in [6.45, 7) is 6.81. The summed E-state index contributed by atoms with van der Waals surface area (Å²) in [5, 5.41) is 3.01. The number of rotatable bonds is 52. The fourth-order valence-electron chi connectivity index (χ4n) is 7.90. The molecule has 0 aromatic carbocycles. The molecule has 0 fully saturated rings. The van der Waals surface area contributed by atoms with E-state index in [-0.39, 0.29) is 32.0 Å². The van der Waals surface area contributed by atoms with Gasteiger partial charge in [0.2, 0.25) is 5.91 Å². The van der Waals surface area contributed by atoms with Crippen molar-refractivity contribution in [1.82, 2.24) is 5.32 Å². The van der Waals surface area contributed by atoms with Crippen molar-refractivity contribution >= 4 is 19.7 Å². The van der Waals surface area contributed by atoms with Crippen LogP contribution in [0.15, 0.2) is 109 Å². The van der Waals surface area contributed by atoms with Gasteiger partial charge in [-0.2, -0.15) is 0 Å². The Morgan fingerprint density at radius 2 is 0.919 bits per heavy atom. The van der Waals surface area contributed by atoms with Gasteiger partial charge in [0.15, 0.2) is 0 Å². The molecule has 9 nitrogen and oxygen atoms in total. The number of quaternary nitrogens is 1. The Bertz CT molecular complexity index is 1640. The summed E-state index contributed by atoms with van der Waals surface area (Å²) in [5.74, 6) is -0.640. The van der Waals surface area contributed by atoms with Gasteiger partial charge in [-0.15, -0.1) is 0 Å². The molecule has 10 heteroatoms. The summed E-state index contributed by atoms with van der Waals surface area (Å²) in [4.78, 5) is 37.6. The topological polar surface area (TPSA) is 111 Å². The molecule has 0 aliphatic heterocycles. The Morgan fingerprint density at radius 3 is 1.38 bits per heavy atom. The first-order valence-electron chi connectivity index (χ1n) is 29.7. The van der Waals surface area contributed by atoms with E-state index in [9.17, 15) is 19.0 Å². The van der Waals surface area contributed by atoms with E-state index >= 15 is 0 Å². The summed E-state index contributed by atoms with van der Waals surface area (Å²) >= 11 is 0. The van der Waals surface area contributed by atoms with Gasteiger partial charge in [-0.1, -0.05) is 233 Å². The molecule has 0 bridgehead atoms.